The molecule has 1 aliphatic heterocycles. The van der Waals surface area contributed by atoms with Crippen molar-refractivity contribution < 1.29 is 19.4 Å². The molecule has 0 aromatic carbocycles. The van der Waals surface area contributed by atoms with E-state index in [0.717, 1.165) is 38.6 Å². The second-order valence-electron chi connectivity index (χ2n) is 5.77. The number of rotatable bonds is 4. The smallest absolute Gasteiger partial charge is 0.317 e. The summed E-state index contributed by atoms with van der Waals surface area (Å²) >= 11 is 0. The van der Waals surface area contributed by atoms with Gasteiger partial charge in [0.15, 0.2) is 0 Å². The maximum absolute atomic E-state index is 12.1. The highest BCUT2D eigenvalue weighted by Crippen LogP contribution is 2.31. The number of urea groups is 1. The van der Waals surface area contributed by atoms with E-state index >= 15 is 0 Å². The van der Waals surface area contributed by atoms with Gasteiger partial charge in [-0.3, -0.25) is 4.79 Å². The van der Waals surface area contributed by atoms with Crippen LogP contribution in [0.25, 0.3) is 0 Å². The number of ether oxygens (including phenoxy) is 1. The van der Waals surface area contributed by atoms with E-state index < -0.39 is 5.97 Å². The van der Waals surface area contributed by atoms with Crippen LogP contribution in [-0.4, -0.2) is 54.9 Å². The first-order valence-corrected chi connectivity index (χ1v) is 7.40. The first-order chi connectivity index (χ1) is 9.61. The van der Waals surface area contributed by atoms with E-state index in [9.17, 15) is 9.59 Å². The first-order valence-electron chi connectivity index (χ1n) is 7.40. The van der Waals surface area contributed by atoms with E-state index in [1.165, 1.54) is 0 Å². The van der Waals surface area contributed by atoms with Gasteiger partial charge in [-0.1, -0.05) is 6.42 Å². The number of carbonyl (C=O) groups excluding carboxylic acids is 1. The number of carboxylic acid groups (broad SMARTS) is 1. The molecular formula is C14H24N2O4. The second kappa shape index (κ2) is 6.92. The van der Waals surface area contributed by atoms with E-state index in [-0.39, 0.29) is 24.0 Å². The van der Waals surface area contributed by atoms with Gasteiger partial charge in [0.25, 0.3) is 0 Å². The summed E-state index contributed by atoms with van der Waals surface area (Å²) in [5.41, 5.74) is 0. The Balaban J connectivity index is 1.78. The highest BCUT2D eigenvalue weighted by atomic mass is 16.5. The molecule has 0 spiro atoms. The Kier molecular flexibility index (Phi) is 5.23. The van der Waals surface area contributed by atoms with Crippen molar-refractivity contribution in [3.63, 3.8) is 0 Å². The molecule has 2 rings (SSSR count). The van der Waals surface area contributed by atoms with Crippen LogP contribution in [0.2, 0.25) is 0 Å². The summed E-state index contributed by atoms with van der Waals surface area (Å²) in [7, 11) is 1.67. The zero-order valence-electron chi connectivity index (χ0n) is 12.0. The summed E-state index contributed by atoms with van der Waals surface area (Å²) in [6, 6.07) is -0.0946. The van der Waals surface area contributed by atoms with Gasteiger partial charge in [0.1, 0.15) is 0 Å². The molecule has 1 aliphatic carbocycles. The lowest BCUT2D eigenvalue weighted by Crippen LogP contribution is -2.48. The lowest BCUT2D eigenvalue weighted by atomic mass is 9.96. The van der Waals surface area contributed by atoms with Crippen molar-refractivity contribution in [1.82, 2.24) is 10.2 Å². The van der Waals surface area contributed by atoms with E-state index in [0.29, 0.717) is 13.1 Å². The number of hydrogen-bond acceptors (Lipinski definition) is 3. The summed E-state index contributed by atoms with van der Waals surface area (Å²) < 4.78 is 5.30. The van der Waals surface area contributed by atoms with Gasteiger partial charge in [-0.05, 0) is 31.6 Å². The first kappa shape index (κ1) is 15.1. The highest BCUT2D eigenvalue weighted by Gasteiger charge is 2.33. The summed E-state index contributed by atoms with van der Waals surface area (Å²) in [4.78, 5) is 25.0. The van der Waals surface area contributed by atoms with Crippen LogP contribution in [-0.2, 0) is 9.53 Å². The minimum Gasteiger partial charge on any atom is -0.481 e. The Bertz CT molecular complexity index is 361. The van der Waals surface area contributed by atoms with Crippen molar-refractivity contribution in [3.8, 4) is 0 Å². The van der Waals surface area contributed by atoms with Crippen molar-refractivity contribution in [2.45, 2.75) is 38.2 Å². The maximum Gasteiger partial charge on any atom is 0.317 e. The number of carbonyl (C=O) groups is 2. The second-order valence-corrected chi connectivity index (χ2v) is 5.77. The van der Waals surface area contributed by atoms with E-state index in [2.05, 4.69) is 5.32 Å². The Labute approximate surface area is 119 Å². The number of hydrogen-bond donors (Lipinski definition) is 2. The SMILES string of the molecule is COC1CCCN(C(=O)NCC2CCCC2C(=O)O)C1. The molecule has 2 N–H and O–H groups in total. The van der Waals surface area contributed by atoms with Crippen molar-refractivity contribution in [1.29, 1.82) is 0 Å². The molecule has 0 aromatic rings. The monoisotopic (exact) mass is 284 g/mol. The van der Waals surface area contributed by atoms with Gasteiger partial charge in [-0.2, -0.15) is 0 Å². The molecule has 1 saturated carbocycles. The predicted octanol–water partition coefficient (Wildman–Crippen LogP) is 1.31. The molecule has 3 unspecified atom stereocenters. The fourth-order valence-electron chi connectivity index (χ4n) is 3.25. The average molecular weight is 284 g/mol. The molecule has 0 bridgehead atoms. The van der Waals surface area contributed by atoms with Crippen molar-refractivity contribution in [3.05, 3.63) is 0 Å². The fourth-order valence-corrected chi connectivity index (χ4v) is 3.25. The lowest BCUT2D eigenvalue weighted by Gasteiger charge is -2.32. The predicted molar refractivity (Wildman–Crippen MR) is 73.5 cm³/mol. The highest BCUT2D eigenvalue weighted by molar-refractivity contribution is 5.74. The minimum atomic E-state index is -0.737. The Morgan fingerprint density at radius 1 is 1.30 bits per heavy atom. The zero-order valence-corrected chi connectivity index (χ0v) is 12.0. The third kappa shape index (κ3) is 3.62. The molecule has 1 heterocycles. The van der Waals surface area contributed by atoms with Gasteiger partial charge in [0.2, 0.25) is 0 Å². The van der Waals surface area contributed by atoms with Crippen LogP contribution >= 0.6 is 0 Å². The van der Waals surface area contributed by atoms with Crippen LogP contribution in [0.1, 0.15) is 32.1 Å². The molecule has 6 heteroatoms. The number of amides is 2. The molecule has 2 aliphatic rings. The van der Waals surface area contributed by atoms with Gasteiger partial charge in [0, 0.05) is 26.7 Å². The van der Waals surface area contributed by atoms with E-state index in [1.807, 2.05) is 0 Å². The average Bonchev–Trinajstić information content (AvgIpc) is 2.93. The zero-order chi connectivity index (χ0) is 14.5. The Morgan fingerprint density at radius 2 is 2.10 bits per heavy atom. The number of aliphatic carboxylic acids is 1. The molecular weight excluding hydrogens is 260 g/mol. The fraction of sp³-hybridized carbons (Fsp3) is 0.857. The Morgan fingerprint density at radius 3 is 2.80 bits per heavy atom. The van der Waals surface area contributed by atoms with Gasteiger partial charge in [-0.15, -0.1) is 0 Å². The van der Waals surface area contributed by atoms with Crippen LogP contribution < -0.4 is 5.32 Å². The summed E-state index contributed by atoms with van der Waals surface area (Å²) in [6.45, 7) is 1.83. The van der Waals surface area contributed by atoms with Crippen molar-refractivity contribution in [2.75, 3.05) is 26.7 Å². The number of nitrogens with zero attached hydrogens (tertiary/aromatic N) is 1. The van der Waals surface area contributed by atoms with Gasteiger partial charge >= 0.3 is 12.0 Å². The molecule has 2 fully saturated rings. The maximum atomic E-state index is 12.1. The molecule has 20 heavy (non-hydrogen) atoms. The van der Waals surface area contributed by atoms with Crippen LogP contribution in [0.4, 0.5) is 4.79 Å². The quantitative estimate of drug-likeness (QED) is 0.816. The van der Waals surface area contributed by atoms with Crippen LogP contribution in [0.5, 0.6) is 0 Å². The number of carboxylic acids is 1. The van der Waals surface area contributed by atoms with Crippen molar-refractivity contribution in [2.24, 2.45) is 11.8 Å². The van der Waals surface area contributed by atoms with Crippen molar-refractivity contribution >= 4 is 12.0 Å². The van der Waals surface area contributed by atoms with Crippen LogP contribution in [0.3, 0.4) is 0 Å². The standard InChI is InChI=1S/C14H24N2O4/c1-20-11-5-3-7-16(9-11)14(19)15-8-10-4-2-6-12(10)13(17)18/h10-12H,2-9H2,1H3,(H,15,19)(H,17,18). The van der Waals surface area contributed by atoms with Crippen LogP contribution in [0, 0.1) is 11.8 Å². The molecule has 0 aromatic heterocycles. The molecule has 2 amide bonds. The third-order valence-corrected chi connectivity index (χ3v) is 4.49. The van der Waals surface area contributed by atoms with Gasteiger partial charge < -0.3 is 20.1 Å². The Hall–Kier alpha value is -1.30. The lowest BCUT2D eigenvalue weighted by molar-refractivity contribution is -0.142. The minimum absolute atomic E-state index is 0.0689. The number of nitrogens with one attached hydrogen (secondary N) is 1. The molecule has 3 atom stereocenters. The van der Waals surface area contributed by atoms with E-state index in [4.69, 9.17) is 9.84 Å². The van der Waals surface area contributed by atoms with Gasteiger partial charge in [0.05, 0.1) is 12.0 Å². The summed E-state index contributed by atoms with van der Waals surface area (Å²) in [5, 5.41) is 12.0. The van der Waals surface area contributed by atoms with Crippen LogP contribution in [0.15, 0.2) is 0 Å². The van der Waals surface area contributed by atoms with Gasteiger partial charge in [-0.25, -0.2) is 4.79 Å². The largest absolute Gasteiger partial charge is 0.481 e. The summed E-state index contributed by atoms with van der Waals surface area (Å²) in [6.07, 6.45) is 4.61. The molecule has 0 radical (unpaired) electrons. The van der Waals surface area contributed by atoms with E-state index in [1.54, 1.807) is 12.0 Å². The third-order valence-electron chi connectivity index (χ3n) is 4.49. The number of methoxy groups -OCH3 is 1. The molecule has 114 valence electrons. The normalized spacial score (nSPS) is 30.2. The molecule has 6 nitrogen and oxygen atoms in total. The topological polar surface area (TPSA) is 78.9 Å². The molecule has 1 saturated heterocycles. The summed E-state index contributed by atoms with van der Waals surface area (Å²) in [5.74, 6) is -0.970. The number of piperidine rings is 1. The number of likely N-dealkylation sites (tertiary alicyclic amines) is 1.